The number of hydrogen-bond acceptors (Lipinski definition) is 2. The third-order valence-corrected chi connectivity index (χ3v) is 7.57. The van der Waals surface area contributed by atoms with Crippen molar-refractivity contribution >= 4 is 37.4 Å². The molecule has 0 heterocycles. The van der Waals surface area contributed by atoms with E-state index in [1.807, 2.05) is 0 Å². The summed E-state index contributed by atoms with van der Waals surface area (Å²) in [5.74, 6) is 1.62. The van der Waals surface area contributed by atoms with E-state index in [0.717, 1.165) is 25.0 Å². The van der Waals surface area contributed by atoms with E-state index in [-0.39, 0.29) is 29.6 Å². The summed E-state index contributed by atoms with van der Waals surface area (Å²) in [6, 6.07) is 0. The van der Waals surface area contributed by atoms with Gasteiger partial charge >= 0.3 is 37.4 Å². The van der Waals surface area contributed by atoms with Crippen LogP contribution < -0.4 is 0 Å². The first-order valence-electron chi connectivity index (χ1n) is 16.6. The summed E-state index contributed by atoms with van der Waals surface area (Å²) in [5, 5.41) is 0. The molecule has 0 saturated carbocycles. The Morgan fingerprint density at radius 2 is 0.667 bits per heavy atom. The van der Waals surface area contributed by atoms with Crippen molar-refractivity contribution in [3.63, 3.8) is 0 Å². The van der Waals surface area contributed by atoms with Crippen molar-refractivity contribution in [2.75, 3.05) is 13.2 Å². The van der Waals surface area contributed by atoms with Gasteiger partial charge in [-0.15, -0.1) is 0 Å². The molecule has 0 spiro atoms. The van der Waals surface area contributed by atoms with Crippen molar-refractivity contribution in [2.24, 2.45) is 11.8 Å². The van der Waals surface area contributed by atoms with Gasteiger partial charge in [-0.3, -0.25) is 0 Å². The van der Waals surface area contributed by atoms with Crippen molar-refractivity contribution in [2.45, 2.75) is 182 Å². The summed E-state index contributed by atoms with van der Waals surface area (Å²) < 4.78 is 15.3. The summed E-state index contributed by atoms with van der Waals surface area (Å²) in [5.41, 5.74) is 0. The van der Waals surface area contributed by atoms with Crippen LogP contribution in [0.15, 0.2) is 0 Å². The molecule has 2 unspecified atom stereocenters. The third-order valence-electron chi connectivity index (χ3n) is 7.57. The monoisotopic (exact) mass is 588 g/mol. The van der Waals surface area contributed by atoms with Gasteiger partial charge in [0, 0.05) is 13.2 Å². The van der Waals surface area contributed by atoms with Crippen LogP contribution in [0.5, 0.6) is 0 Å². The van der Waals surface area contributed by atoms with Crippen molar-refractivity contribution in [1.82, 2.24) is 0 Å². The third kappa shape index (κ3) is 43.7. The minimum absolute atomic E-state index is 0. The zero-order valence-electron chi connectivity index (χ0n) is 26.1. The Balaban J connectivity index is -0.00000196. The molecule has 3 N–H and O–H groups in total. The molecule has 0 radical (unpaired) electrons. The Labute approximate surface area is 267 Å². The van der Waals surface area contributed by atoms with Crippen LogP contribution in [0.25, 0.3) is 0 Å². The van der Waals surface area contributed by atoms with Crippen LogP contribution in [0, 0.1) is 11.8 Å². The topological polar surface area (TPSA) is 87.0 Å². The maximum absolute atomic E-state index is 8.88. The Morgan fingerprint density at radius 1 is 0.462 bits per heavy atom. The quantitative estimate of drug-likeness (QED) is 0.0481. The summed E-state index contributed by atoms with van der Waals surface area (Å²) >= 11 is 0. The number of unbranched alkanes of at least 4 members (excludes halogenated alkanes) is 16. The number of ether oxygens (including phenoxy) is 1. The van der Waals surface area contributed by atoms with Gasteiger partial charge in [0.2, 0.25) is 0 Å². The minimum atomic E-state index is -4.64. The second kappa shape index (κ2) is 35.3. The molecule has 5 nitrogen and oxygen atoms in total. The van der Waals surface area contributed by atoms with Gasteiger partial charge in [-0.05, 0) is 37.5 Å². The fraction of sp³-hybridized carbons (Fsp3) is 1.00. The van der Waals surface area contributed by atoms with E-state index in [1.165, 1.54) is 154 Å². The Kier molecular flexibility index (Phi) is 40.3. The Bertz CT molecular complexity index is 449. The van der Waals surface area contributed by atoms with Gasteiger partial charge in [0.05, 0.1) is 0 Å². The molecule has 39 heavy (non-hydrogen) atoms. The Morgan fingerprint density at radius 3 is 0.923 bits per heavy atom. The molecule has 0 bridgehead atoms. The van der Waals surface area contributed by atoms with Crippen molar-refractivity contribution in [3.8, 4) is 0 Å². The number of hydrogen-bond donors (Lipinski definition) is 3. The van der Waals surface area contributed by atoms with E-state index in [2.05, 4.69) is 27.7 Å². The van der Waals surface area contributed by atoms with Gasteiger partial charge in [0.1, 0.15) is 0 Å². The fourth-order valence-electron chi connectivity index (χ4n) is 5.17. The van der Waals surface area contributed by atoms with E-state index >= 15 is 0 Å². The molecule has 0 amide bonds. The zero-order valence-corrected chi connectivity index (χ0v) is 27.0. The molecule has 0 rings (SSSR count). The second-order valence-electron chi connectivity index (χ2n) is 11.6. The fourth-order valence-corrected chi connectivity index (χ4v) is 5.17. The predicted molar refractivity (Wildman–Crippen MR) is 173 cm³/mol. The first-order chi connectivity index (χ1) is 18.3. The maximum atomic E-state index is 8.88. The molecule has 0 aromatic heterocycles. The van der Waals surface area contributed by atoms with Crippen molar-refractivity contribution < 1.29 is 24.0 Å². The molecule has 7 heteroatoms. The molecular weight excluding hydrogens is 518 g/mol. The standard InChI is InChI=1S/C32H66O.Na.H3O4P.H/c1-5-9-13-17-19-23-27-31(25-21-15-11-7-3)29-33-30-32(26-22-16-12-8-4)28-24-20-18-14-10-6-2;;1-5(2,3)4;/h31-32H,5-30H2,1-4H3;;(H3,1,2,3,4);. The SMILES string of the molecule is CCCCCCCCC(CCCCCC)COCC(CCCCCC)CCCCCCCC.O=P(O)(O)O.[NaH]. The van der Waals surface area contributed by atoms with Gasteiger partial charge in [-0.1, -0.05) is 156 Å². The molecule has 0 saturated heterocycles. The first kappa shape index (κ1) is 44.5. The average molecular weight is 589 g/mol. The second-order valence-corrected chi connectivity index (χ2v) is 12.6. The molecule has 0 fully saturated rings. The van der Waals surface area contributed by atoms with E-state index in [9.17, 15) is 0 Å². The summed E-state index contributed by atoms with van der Waals surface area (Å²) in [6.45, 7) is 11.3. The van der Waals surface area contributed by atoms with Gasteiger partial charge in [0.15, 0.2) is 0 Å². The molecule has 2 atom stereocenters. The average Bonchev–Trinajstić information content (AvgIpc) is 2.86. The van der Waals surface area contributed by atoms with Crippen molar-refractivity contribution in [1.29, 1.82) is 0 Å². The summed E-state index contributed by atoms with van der Waals surface area (Å²) in [6.07, 6.45) is 33.8. The van der Waals surface area contributed by atoms with Gasteiger partial charge in [0.25, 0.3) is 0 Å². The van der Waals surface area contributed by atoms with E-state index in [1.54, 1.807) is 0 Å². The van der Waals surface area contributed by atoms with E-state index in [0.29, 0.717) is 0 Å². The number of phosphoric acid groups is 1. The van der Waals surface area contributed by atoms with Crippen molar-refractivity contribution in [3.05, 3.63) is 0 Å². The molecular formula is C32H70NaO5P. The molecule has 0 aliphatic rings. The predicted octanol–water partition coefficient (Wildman–Crippen LogP) is 10.1. The van der Waals surface area contributed by atoms with Crippen LogP contribution >= 0.6 is 7.82 Å². The zero-order chi connectivity index (χ0) is 28.7. The molecule has 0 aromatic carbocycles. The van der Waals surface area contributed by atoms with Gasteiger partial charge < -0.3 is 19.4 Å². The van der Waals surface area contributed by atoms with Crippen LogP contribution in [0.3, 0.4) is 0 Å². The van der Waals surface area contributed by atoms with Crippen LogP contribution in [0.1, 0.15) is 182 Å². The Hall–Kier alpha value is 1.07. The van der Waals surface area contributed by atoms with Crippen LogP contribution in [0.4, 0.5) is 0 Å². The molecule has 0 aliphatic carbocycles. The van der Waals surface area contributed by atoms with Gasteiger partial charge in [-0.2, -0.15) is 0 Å². The van der Waals surface area contributed by atoms with E-state index in [4.69, 9.17) is 24.0 Å². The van der Waals surface area contributed by atoms with Crippen LogP contribution in [-0.4, -0.2) is 57.5 Å². The summed E-state index contributed by atoms with van der Waals surface area (Å²) in [4.78, 5) is 21.6. The normalized spacial score (nSPS) is 12.9. The first-order valence-corrected chi connectivity index (χ1v) is 18.2. The molecule has 234 valence electrons. The van der Waals surface area contributed by atoms with Gasteiger partial charge in [-0.25, -0.2) is 4.57 Å². The van der Waals surface area contributed by atoms with Crippen LogP contribution in [0.2, 0.25) is 0 Å². The number of rotatable bonds is 28. The molecule has 0 aliphatic heterocycles. The summed E-state index contributed by atoms with van der Waals surface area (Å²) in [7, 11) is -4.64. The van der Waals surface area contributed by atoms with E-state index < -0.39 is 7.82 Å². The van der Waals surface area contributed by atoms with Crippen LogP contribution in [-0.2, 0) is 9.30 Å². The molecule has 0 aromatic rings.